The van der Waals surface area contributed by atoms with E-state index in [-0.39, 0.29) is 11.9 Å². The molecule has 3 N–H and O–H groups in total. The van der Waals surface area contributed by atoms with E-state index in [1.165, 1.54) is 4.88 Å². The summed E-state index contributed by atoms with van der Waals surface area (Å²) in [4.78, 5) is 24.3. The van der Waals surface area contributed by atoms with Gasteiger partial charge in [-0.1, -0.05) is 13.0 Å². The molecule has 19 heavy (non-hydrogen) atoms. The number of carbonyl (C=O) groups is 2. The highest BCUT2D eigenvalue weighted by Gasteiger charge is 2.14. The van der Waals surface area contributed by atoms with E-state index in [2.05, 4.69) is 16.0 Å². The molecule has 5 nitrogen and oxygen atoms in total. The summed E-state index contributed by atoms with van der Waals surface area (Å²) in [7, 11) is 0. The number of hydrogen-bond donors (Lipinski definition) is 3. The van der Waals surface area contributed by atoms with E-state index in [1.54, 1.807) is 18.3 Å². The van der Waals surface area contributed by atoms with Crippen LogP contribution in [0.15, 0.2) is 17.5 Å². The highest BCUT2D eigenvalue weighted by Crippen LogP contribution is 2.07. The Balaban J connectivity index is 2.17. The number of nitrogens with one attached hydrogen (secondary N) is 3. The molecule has 0 bridgehead atoms. The topological polar surface area (TPSA) is 70.2 Å². The molecular formula is C13H21N3O2S. The van der Waals surface area contributed by atoms with Crippen molar-refractivity contribution in [3.05, 3.63) is 22.4 Å². The molecular weight excluding hydrogens is 262 g/mol. The second kappa shape index (κ2) is 8.53. The lowest BCUT2D eigenvalue weighted by molar-refractivity contribution is -0.122. The number of rotatable bonds is 7. The summed E-state index contributed by atoms with van der Waals surface area (Å²) in [5.74, 6) is -0.157. The van der Waals surface area contributed by atoms with Crippen molar-refractivity contribution in [3.8, 4) is 0 Å². The molecule has 0 saturated heterocycles. The molecule has 1 atom stereocenters. The summed E-state index contributed by atoms with van der Waals surface area (Å²) in [6, 6.07) is 3.19. The van der Waals surface area contributed by atoms with Crippen molar-refractivity contribution in [2.75, 3.05) is 13.1 Å². The van der Waals surface area contributed by atoms with Gasteiger partial charge in [0.15, 0.2) is 0 Å². The molecule has 0 spiro atoms. The third-order valence-corrected chi connectivity index (χ3v) is 3.46. The van der Waals surface area contributed by atoms with Crippen LogP contribution >= 0.6 is 11.3 Å². The molecule has 106 valence electrons. The number of carbonyl (C=O) groups excluding carboxylic acids is 2. The van der Waals surface area contributed by atoms with Gasteiger partial charge in [0.05, 0.1) is 0 Å². The Morgan fingerprint density at radius 1 is 1.32 bits per heavy atom. The molecule has 0 aromatic carbocycles. The summed E-state index contributed by atoms with van der Waals surface area (Å²) in [5, 5.41) is 10.1. The summed E-state index contributed by atoms with van der Waals surface area (Å²) in [6.07, 6.45) is 1.69. The summed E-state index contributed by atoms with van der Waals surface area (Å²) in [6.45, 7) is 4.85. The van der Waals surface area contributed by atoms with Gasteiger partial charge in [-0.05, 0) is 31.2 Å². The number of amides is 3. The predicted octanol–water partition coefficient (Wildman–Crippen LogP) is 1.50. The Morgan fingerprint density at radius 3 is 2.74 bits per heavy atom. The molecule has 0 aliphatic carbocycles. The molecule has 0 fully saturated rings. The first-order valence-electron chi connectivity index (χ1n) is 6.48. The second-order valence-corrected chi connectivity index (χ2v) is 5.27. The van der Waals surface area contributed by atoms with E-state index < -0.39 is 6.04 Å². The fourth-order valence-electron chi connectivity index (χ4n) is 1.47. The monoisotopic (exact) mass is 283 g/mol. The highest BCUT2D eigenvalue weighted by atomic mass is 32.1. The first-order chi connectivity index (χ1) is 9.13. The van der Waals surface area contributed by atoms with Gasteiger partial charge in [0.2, 0.25) is 5.91 Å². The molecule has 1 aromatic rings. The van der Waals surface area contributed by atoms with Gasteiger partial charge in [-0.25, -0.2) is 4.79 Å². The van der Waals surface area contributed by atoms with Gasteiger partial charge in [0.25, 0.3) is 0 Å². The minimum Gasteiger partial charge on any atom is -0.354 e. The van der Waals surface area contributed by atoms with E-state index in [0.29, 0.717) is 13.1 Å². The summed E-state index contributed by atoms with van der Waals surface area (Å²) >= 11 is 1.67. The van der Waals surface area contributed by atoms with Crippen molar-refractivity contribution in [1.29, 1.82) is 0 Å². The molecule has 0 unspecified atom stereocenters. The molecule has 0 aliphatic heterocycles. The van der Waals surface area contributed by atoms with Crippen LogP contribution in [0.4, 0.5) is 4.79 Å². The van der Waals surface area contributed by atoms with Crippen LogP contribution in [-0.4, -0.2) is 31.1 Å². The molecule has 0 aliphatic rings. The Kier molecular flexibility index (Phi) is 6.95. The van der Waals surface area contributed by atoms with E-state index >= 15 is 0 Å². The smallest absolute Gasteiger partial charge is 0.315 e. The second-order valence-electron chi connectivity index (χ2n) is 4.24. The lowest BCUT2D eigenvalue weighted by Gasteiger charge is -2.14. The van der Waals surface area contributed by atoms with Crippen LogP contribution in [0.5, 0.6) is 0 Å². The Bertz CT molecular complexity index is 393. The molecule has 3 amide bonds. The fraction of sp³-hybridized carbons (Fsp3) is 0.538. The van der Waals surface area contributed by atoms with Crippen molar-refractivity contribution < 1.29 is 9.59 Å². The maximum atomic E-state index is 11.6. The quantitative estimate of drug-likeness (QED) is 0.710. The van der Waals surface area contributed by atoms with Crippen LogP contribution in [-0.2, 0) is 11.2 Å². The Morgan fingerprint density at radius 2 is 2.11 bits per heavy atom. The maximum Gasteiger partial charge on any atom is 0.315 e. The summed E-state index contributed by atoms with van der Waals surface area (Å²) < 4.78 is 0. The van der Waals surface area contributed by atoms with Crippen LogP contribution in [0.25, 0.3) is 0 Å². The van der Waals surface area contributed by atoms with Crippen molar-refractivity contribution in [3.63, 3.8) is 0 Å². The minimum atomic E-state index is -0.520. The Labute approximate surface area is 117 Å². The first-order valence-corrected chi connectivity index (χ1v) is 7.36. The molecule has 1 aromatic heterocycles. The van der Waals surface area contributed by atoms with Crippen molar-refractivity contribution in [2.24, 2.45) is 0 Å². The third kappa shape index (κ3) is 6.24. The SMILES string of the molecule is CCCNC(=O)[C@H](C)NC(=O)NCCc1cccs1. The Hall–Kier alpha value is -1.56. The third-order valence-electron chi connectivity index (χ3n) is 2.53. The zero-order chi connectivity index (χ0) is 14.1. The van der Waals surface area contributed by atoms with Crippen molar-refractivity contribution >= 4 is 23.3 Å². The van der Waals surface area contributed by atoms with Gasteiger partial charge in [-0.3, -0.25) is 4.79 Å². The van der Waals surface area contributed by atoms with Gasteiger partial charge in [0.1, 0.15) is 6.04 Å². The predicted molar refractivity (Wildman–Crippen MR) is 77.3 cm³/mol. The highest BCUT2D eigenvalue weighted by molar-refractivity contribution is 7.09. The van der Waals surface area contributed by atoms with Crippen molar-refractivity contribution in [1.82, 2.24) is 16.0 Å². The van der Waals surface area contributed by atoms with Crippen LogP contribution in [0, 0.1) is 0 Å². The van der Waals surface area contributed by atoms with Crippen LogP contribution in [0.2, 0.25) is 0 Å². The zero-order valence-electron chi connectivity index (χ0n) is 11.4. The first kappa shape index (κ1) is 15.5. The van der Waals surface area contributed by atoms with Gasteiger partial charge < -0.3 is 16.0 Å². The van der Waals surface area contributed by atoms with E-state index in [0.717, 1.165) is 12.8 Å². The van der Waals surface area contributed by atoms with E-state index in [9.17, 15) is 9.59 Å². The average molecular weight is 283 g/mol. The lowest BCUT2D eigenvalue weighted by atomic mass is 10.3. The minimum absolute atomic E-state index is 0.157. The summed E-state index contributed by atoms with van der Waals surface area (Å²) in [5.41, 5.74) is 0. The van der Waals surface area contributed by atoms with Crippen LogP contribution in [0.1, 0.15) is 25.1 Å². The maximum absolute atomic E-state index is 11.6. The molecule has 1 heterocycles. The van der Waals surface area contributed by atoms with Crippen LogP contribution in [0.3, 0.4) is 0 Å². The van der Waals surface area contributed by atoms with Gasteiger partial charge in [0, 0.05) is 18.0 Å². The van der Waals surface area contributed by atoms with E-state index in [4.69, 9.17) is 0 Å². The molecule has 6 heteroatoms. The lowest BCUT2D eigenvalue weighted by Crippen LogP contribution is -2.48. The molecule has 0 saturated carbocycles. The van der Waals surface area contributed by atoms with Crippen LogP contribution < -0.4 is 16.0 Å². The zero-order valence-corrected chi connectivity index (χ0v) is 12.2. The van der Waals surface area contributed by atoms with Crippen molar-refractivity contribution in [2.45, 2.75) is 32.7 Å². The number of thiophene rings is 1. The van der Waals surface area contributed by atoms with Gasteiger partial charge >= 0.3 is 6.03 Å². The average Bonchev–Trinajstić information content (AvgIpc) is 2.88. The number of hydrogen-bond acceptors (Lipinski definition) is 3. The van der Waals surface area contributed by atoms with E-state index in [1.807, 2.05) is 24.4 Å². The van der Waals surface area contributed by atoms with Gasteiger partial charge in [-0.15, -0.1) is 11.3 Å². The molecule has 0 radical (unpaired) electrons. The largest absolute Gasteiger partial charge is 0.354 e. The molecule has 1 rings (SSSR count). The normalized spacial score (nSPS) is 11.7. The van der Waals surface area contributed by atoms with Gasteiger partial charge in [-0.2, -0.15) is 0 Å². The standard InChI is InChI=1S/C13H21N3O2S/c1-3-7-14-12(17)10(2)16-13(18)15-8-6-11-5-4-9-19-11/h4-5,9-10H,3,6-8H2,1-2H3,(H,14,17)(H2,15,16,18)/t10-/m0/s1. The fourth-order valence-corrected chi connectivity index (χ4v) is 2.18. The number of urea groups is 1.